The van der Waals surface area contributed by atoms with Crippen molar-refractivity contribution in [1.82, 2.24) is 20.2 Å². The van der Waals surface area contributed by atoms with Crippen LogP contribution in [0.4, 0.5) is 5.69 Å². The number of halogens is 1. The van der Waals surface area contributed by atoms with Crippen LogP contribution >= 0.6 is 15.9 Å². The second-order valence-electron chi connectivity index (χ2n) is 5.42. The SMILES string of the molecule is CCC(C)(C)Cn1nnnc1-c1cc(N)ccc1Br. The third kappa shape index (κ3) is 3.12. The molecule has 0 aliphatic rings. The van der Waals surface area contributed by atoms with Crippen LogP contribution < -0.4 is 5.73 Å². The number of anilines is 1. The summed E-state index contributed by atoms with van der Waals surface area (Å²) in [4.78, 5) is 0. The van der Waals surface area contributed by atoms with Crippen molar-refractivity contribution in [3.8, 4) is 11.4 Å². The van der Waals surface area contributed by atoms with Crippen LogP contribution in [0.5, 0.6) is 0 Å². The maximum Gasteiger partial charge on any atom is 0.183 e. The predicted octanol–water partition coefficient (Wildman–Crippen LogP) is 3.12. The van der Waals surface area contributed by atoms with E-state index in [1.165, 1.54) is 0 Å². The highest BCUT2D eigenvalue weighted by atomic mass is 79.9. The first-order valence-corrected chi connectivity index (χ1v) is 7.04. The lowest BCUT2D eigenvalue weighted by Crippen LogP contribution is -2.20. The van der Waals surface area contributed by atoms with E-state index < -0.39 is 0 Å². The minimum atomic E-state index is 0.150. The molecule has 1 aromatic carbocycles. The first-order valence-electron chi connectivity index (χ1n) is 6.24. The molecule has 0 aliphatic heterocycles. The summed E-state index contributed by atoms with van der Waals surface area (Å²) < 4.78 is 2.77. The molecule has 0 spiro atoms. The molecule has 0 radical (unpaired) electrons. The third-order valence-corrected chi connectivity index (χ3v) is 3.99. The van der Waals surface area contributed by atoms with Gasteiger partial charge < -0.3 is 5.73 Å². The lowest BCUT2D eigenvalue weighted by Gasteiger charge is -2.22. The van der Waals surface area contributed by atoms with Gasteiger partial charge >= 0.3 is 0 Å². The number of rotatable bonds is 4. The minimum absolute atomic E-state index is 0.150. The van der Waals surface area contributed by atoms with E-state index in [2.05, 4.69) is 52.2 Å². The van der Waals surface area contributed by atoms with Gasteiger partial charge in [0.05, 0.1) is 6.54 Å². The van der Waals surface area contributed by atoms with Crippen LogP contribution in [0, 0.1) is 5.41 Å². The Hall–Kier alpha value is -1.43. The first kappa shape index (κ1) is 14.0. The maximum atomic E-state index is 5.84. The van der Waals surface area contributed by atoms with Gasteiger partial charge in [-0.3, -0.25) is 0 Å². The predicted molar refractivity (Wildman–Crippen MR) is 79.4 cm³/mol. The van der Waals surface area contributed by atoms with Gasteiger partial charge in [-0.15, -0.1) is 5.10 Å². The van der Waals surface area contributed by atoms with E-state index in [0.717, 1.165) is 28.8 Å². The normalized spacial score (nSPS) is 11.8. The van der Waals surface area contributed by atoms with E-state index in [1.54, 1.807) is 0 Å². The zero-order valence-corrected chi connectivity index (χ0v) is 13.0. The van der Waals surface area contributed by atoms with Crippen LogP contribution in [0.2, 0.25) is 0 Å². The van der Waals surface area contributed by atoms with Crippen LogP contribution in [-0.2, 0) is 6.54 Å². The highest BCUT2D eigenvalue weighted by molar-refractivity contribution is 9.10. The lowest BCUT2D eigenvalue weighted by atomic mass is 9.90. The van der Waals surface area contributed by atoms with Crippen molar-refractivity contribution in [3.05, 3.63) is 22.7 Å². The number of nitrogens with zero attached hydrogens (tertiary/aromatic N) is 4. The summed E-state index contributed by atoms with van der Waals surface area (Å²) in [6, 6.07) is 5.64. The van der Waals surface area contributed by atoms with Crippen LogP contribution in [0.3, 0.4) is 0 Å². The highest BCUT2D eigenvalue weighted by Crippen LogP contribution is 2.30. The fourth-order valence-electron chi connectivity index (χ4n) is 1.74. The van der Waals surface area contributed by atoms with E-state index in [1.807, 2.05) is 22.9 Å². The van der Waals surface area contributed by atoms with Crippen molar-refractivity contribution in [2.75, 3.05) is 5.73 Å². The summed E-state index contributed by atoms with van der Waals surface area (Å²) in [6.07, 6.45) is 1.06. The molecule has 2 N–H and O–H groups in total. The van der Waals surface area contributed by atoms with Gasteiger partial charge in [0.15, 0.2) is 5.82 Å². The Morgan fingerprint density at radius 1 is 1.37 bits per heavy atom. The number of hydrogen-bond acceptors (Lipinski definition) is 4. The van der Waals surface area contributed by atoms with Gasteiger partial charge in [-0.05, 0) is 40.5 Å². The van der Waals surface area contributed by atoms with E-state index in [-0.39, 0.29) is 5.41 Å². The van der Waals surface area contributed by atoms with Gasteiger partial charge in [-0.2, -0.15) is 0 Å². The van der Waals surface area contributed by atoms with Crippen LogP contribution in [0.15, 0.2) is 22.7 Å². The molecule has 0 amide bonds. The average molecular weight is 324 g/mol. The molecule has 1 heterocycles. The van der Waals surface area contributed by atoms with Gasteiger partial charge in [-0.25, -0.2) is 4.68 Å². The fraction of sp³-hybridized carbons (Fsp3) is 0.462. The monoisotopic (exact) mass is 323 g/mol. The third-order valence-electron chi connectivity index (χ3n) is 3.30. The molecule has 2 rings (SSSR count). The zero-order chi connectivity index (χ0) is 14.0. The van der Waals surface area contributed by atoms with Crippen molar-refractivity contribution < 1.29 is 0 Å². The molecule has 0 atom stereocenters. The Morgan fingerprint density at radius 2 is 2.11 bits per heavy atom. The molecule has 6 heteroatoms. The number of benzene rings is 1. The van der Waals surface area contributed by atoms with E-state index in [0.29, 0.717) is 5.69 Å². The fourth-order valence-corrected chi connectivity index (χ4v) is 2.16. The number of nitrogens with two attached hydrogens (primary N) is 1. The van der Waals surface area contributed by atoms with Crippen molar-refractivity contribution in [3.63, 3.8) is 0 Å². The number of tetrazole rings is 1. The van der Waals surface area contributed by atoms with Gasteiger partial charge in [-0.1, -0.05) is 36.7 Å². The molecule has 0 bridgehead atoms. The highest BCUT2D eigenvalue weighted by Gasteiger charge is 2.20. The molecular weight excluding hydrogens is 306 g/mol. The summed E-state index contributed by atoms with van der Waals surface area (Å²) >= 11 is 3.52. The molecule has 5 nitrogen and oxygen atoms in total. The Bertz CT molecular complexity index is 576. The average Bonchev–Trinajstić information content (AvgIpc) is 2.79. The zero-order valence-electron chi connectivity index (χ0n) is 11.4. The molecule has 0 unspecified atom stereocenters. The number of hydrogen-bond donors (Lipinski definition) is 1. The topological polar surface area (TPSA) is 69.6 Å². The van der Waals surface area contributed by atoms with Crippen molar-refractivity contribution in [1.29, 1.82) is 0 Å². The molecule has 0 fully saturated rings. The molecule has 0 saturated heterocycles. The Morgan fingerprint density at radius 3 is 2.79 bits per heavy atom. The smallest absolute Gasteiger partial charge is 0.183 e. The molecule has 0 aliphatic carbocycles. The maximum absolute atomic E-state index is 5.84. The van der Waals surface area contributed by atoms with Crippen molar-refractivity contribution in [2.45, 2.75) is 33.7 Å². The molecule has 19 heavy (non-hydrogen) atoms. The molecule has 102 valence electrons. The first-order chi connectivity index (χ1) is 8.93. The Balaban J connectivity index is 2.42. The lowest BCUT2D eigenvalue weighted by molar-refractivity contribution is 0.279. The largest absolute Gasteiger partial charge is 0.399 e. The number of nitrogen functional groups attached to an aromatic ring is 1. The Labute approximate surface area is 121 Å². The van der Waals surface area contributed by atoms with E-state index >= 15 is 0 Å². The summed E-state index contributed by atoms with van der Waals surface area (Å²) in [7, 11) is 0. The summed E-state index contributed by atoms with van der Waals surface area (Å²) in [5.74, 6) is 0.737. The summed E-state index contributed by atoms with van der Waals surface area (Å²) in [5, 5.41) is 12.0. The van der Waals surface area contributed by atoms with Crippen LogP contribution in [0.25, 0.3) is 11.4 Å². The quantitative estimate of drug-likeness (QED) is 0.877. The van der Waals surface area contributed by atoms with E-state index in [9.17, 15) is 0 Å². The van der Waals surface area contributed by atoms with Gasteiger partial charge in [0, 0.05) is 15.7 Å². The second kappa shape index (κ2) is 5.28. The molecular formula is C13H18BrN5. The van der Waals surface area contributed by atoms with Crippen LogP contribution in [0.1, 0.15) is 27.2 Å². The standard InChI is InChI=1S/C13H18BrN5/c1-4-13(2,3)8-19-12(16-17-18-19)10-7-9(15)5-6-11(10)14/h5-7H,4,8,15H2,1-3H3. The second-order valence-corrected chi connectivity index (χ2v) is 6.27. The van der Waals surface area contributed by atoms with Crippen molar-refractivity contribution >= 4 is 21.6 Å². The number of aromatic nitrogens is 4. The Kier molecular flexibility index (Phi) is 3.89. The van der Waals surface area contributed by atoms with Crippen LogP contribution in [-0.4, -0.2) is 20.2 Å². The van der Waals surface area contributed by atoms with Gasteiger partial charge in [0.2, 0.25) is 0 Å². The van der Waals surface area contributed by atoms with E-state index in [4.69, 9.17) is 5.73 Å². The van der Waals surface area contributed by atoms with Gasteiger partial charge in [0.1, 0.15) is 0 Å². The van der Waals surface area contributed by atoms with Gasteiger partial charge in [0.25, 0.3) is 0 Å². The van der Waals surface area contributed by atoms with Crippen molar-refractivity contribution in [2.24, 2.45) is 5.41 Å². The molecule has 1 aromatic heterocycles. The summed E-state index contributed by atoms with van der Waals surface area (Å²) in [6.45, 7) is 7.34. The molecule has 0 saturated carbocycles. The molecule has 2 aromatic rings. The minimum Gasteiger partial charge on any atom is -0.399 e. The summed E-state index contributed by atoms with van der Waals surface area (Å²) in [5.41, 5.74) is 7.60.